The van der Waals surface area contributed by atoms with Crippen molar-refractivity contribution in [2.45, 2.75) is 46.2 Å². The number of rotatable bonds is 5. The van der Waals surface area contributed by atoms with E-state index in [9.17, 15) is 0 Å². The maximum Gasteiger partial charge on any atom is 0.0708 e. The number of fused-ring (bicyclic) bond motifs is 1. The highest BCUT2D eigenvalue weighted by Gasteiger charge is 2.05. The van der Waals surface area contributed by atoms with E-state index in [1.165, 1.54) is 23.8 Å². The fourth-order valence-corrected chi connectivity index (χ4v) is 2.36. The maximum absolute atomic E-state index is 4.57. The van der Waals surface area contributed by atoms with Crippen molar-refractivity contribution in [2.24, 2.45) is 0 Å². The van der Waals surface area contributed by atoms with Gasteiger partial charge < -0.3 is 5.32 Å². The van der Waals surface area contributed by atoms with Gasteiger partial charge in [-0.2, -0.15) is 0 Å². The van der Waals surface area contributed by atoms with Crippen molar-refractivity contribution < 1.29 is 0 Å². The lowest BCUT2D eigenvalue weighted by atomic mass is 10.1. The lowest BCUT2D eigenvalue weighted by Crippen LogP contribution is -2.25. The Morgan fingerprint density at radius 1 is 1.28 bits per heavy atom. The molecule has 2 nitrogen and oxygen atoms in total. The van der Waals surface area contributed by atoms with Crippen LogP contribution in [-0.2, 0) is 6.54 Å². The summed E-state index contributed by atoms with van der Waals surface area (Å²) in [5.41, 5.74) is 3.53. The molecule has 1 unspecified atom stereocenters. The van der Waals surface area contributed by atoms with Crippen molar-refractivity contribution in [2.75, 3.05) is 0 Å². The van der Waals surface area contributed by atoms with Gasteiger partial charge >= 0.3 is 0 Å². The minimum atomic E-state index is 0.572. The highest BCUT2D eigenvalue weighted by atomic mass is 14.9. The zero-order chi connectivity index (χ0) is 13.0. The van der Waals surface area contributed by atoms with Gasteiger partial charge in [-0.25, -0.2) is 0 Å². The van der Waals surface area contributed by atoms with Gasteiger partial charge in [0.2, 0.25) is 0 Å². The second-order valence-electron chi connectivity index (χ2n) is 5.01. The Morgan fingerprint density at radius 2 is 2.06 bits per heavy atom. The predicted molar refractivity (Wildman–Crippen MR) is 77.7 cm³/mol. The van der Waals surface area contributed by atoms with Crippen LogP contribution in [0.15, 0.2) is 30.3 Å². The number of hydrogen-bond acceptors (Lipinski definition) is 2. The van der Waals surface area contributed by atoms with Gasteiger partial charge in [0.05, 0.1) is 5.52 Å². The minimum Gasteiger partial charge on any atom is -0.310 e. The zero-order valence-electron chi connectivity index (χ0n) is 11.5. The molecule has 1 heterocycles. The average Bonchev–Trinajstić information content (AvgIpc) is 2.36. The summed E-state index contributed by atoms with van der Waals surface area (Å²) in [6.45, 7) is 7.46. The molecular formula is C16H22N2. The van der Waals surface area contributed by atoms with E-state index >= 15 is 0 Å². The van der Waals surface area contributed by atoms with Crippen LogP contribution in [0, 0.1) is 6.92 Å². The van der Waals surface area contributed by atoms with Crippen molar-refractivity contribution in [3.8, 4) is 0 Å². The summed E-state index contributed by atoms with van der Waals surface area (Å²) in [7, 11) is 0. The summed E-state index contributed by atoms with van der Waals surface area (Å²) >= 11 is 0. The van der Waals surface area contributed by atoms with Gasteiger partial charge in [0.1, 0.15) is 0 Å². The Kier molecular flexibility index (Phi) is 4.32. The summed E-state index contributed by atoms with van der Waals surface area (Å²) in [5, 5.41) is 4.85. The number of pyridine rings is 1. The molecule has 0 saturated carbocycles. The van der Waals surface area contributed by atoms with E-state index < -0.39 is 0 Å². The Labute approximate surface area is 109 Å². The van der Waals surface area contributed by atoms with Gasteiger partial charge in [-0.3, -0.25) is 4.98 Å². The Bertz CT molecular complexity index is 519. The monoisotopic (exact) mass is 242 g/mol. The van der Waals surface area contributed by atoms with Crippen LogP contribution in [-0.4, -0.2) is 11.0 Å². The molecule has 2 rings (SSSR count). The van der Waals surface area contributed by atoms with Gasteiger partial charge in [-0.1, -0.05) is 31.5 Å². The SMILES string of the molecule is CCCC(C)NCc1cc(C)nc2ccccc12. The van der Waals surface area contributed by atoms with Crippen LogP contribution in [0.3, 0.4) is 0 Å². The van der Waals surface area contributed by atoms with Crippen LogP contribution in [0.25, 0.3) is 10.9 Å². The van der Waals surface area contributed by atoms with Gasteiger partial charge in [-0.15, -0.1) is 0 Å². The second-order valence-corrected chi connectivity index (χ2v) is 5.01. The maximum atomic E-state index is 4.57. The first-order valence-corrected chi connectivity index (χ1v) is 6.79. The molecule has 18 heavy (non-hydrogen) atoms. The van der Waals surface area contributed by atoms with Crippen LogP contribution in [0.5, 0.6) is 0 Å². The number of aryl methyl sites for hydroxylation is 1. The van der Waals surface area contributed by atoms with Gasteiger partial charge in [-0.05, 0) is 38.0 Å². The van der Waals surface area contributed by atoms with Crippen molar-refractivity contribution in [3.05, 3.63) is 41.6 Å². The standard InChI is InChI=1S/C16H22N2/c1-4-7-12(2)17-11-14-10-13(3)18-16-9-6-5-8-15(14)16/h5-6,8-10,12,17H,4,7,11H2,1-3H3. The molecule has 0 radical (unpaired) electrons. The van der Waals surface area contributed by atoms with Gasteiger partial charge in [0, 0.05) is 23.7 Å². The zero-order valence-corrected chi connectivity index (χ0v) is 11.5. The van der Waals surface area contributed by atoms with Crippen molar-refractivity contribution >= 4 is 10.9 Å². The fourth-order valence-electron chi connectivity index (χ4n) is 2.36. The fraction of sp³-hybridized carbons (Fsp3) is 0.438. The molecule has 2 heteroatoms. The molecule has 96 valence electrons. The summed E-state index contributed by atoms with van der Waals surface area (Å²) in [6, 6.07) is 11.1. The van der Waals surface area contributed by atoms with Crippen LogP contribution in [0.1, 0.15) is 37.9 Å². The van der Waals surface area contributed by atoms with Crippen LogP contribution in [0.4, 0.5) is 0 Å². The van der Waals surface area contributed by atoms with E-state index in [2.05, 4.69) is 55.3 Å². The Balaban J connectivity index is 2.21. The van der Waals surface area contributed by atoms with Gasteiger partial charge in [0.25, 0.3) is 0 Å². The minimum absolute atomic E-state index is 0.572. The lowest BCUT2D eigenvalue weighted by Gasteiger charge is -2.14. The number of nitrogens with zero attached hydrogens (tertiary/aromatic N) is 1. The summed E-state index contributed by atoms with van der Waals surface area (Å²) < 4.78 is 0. The highest BCUT2D eigenvalue weighted by molar-refractivity contribution is 5.82. The quantitative estimate of drug-likeness (QED) is 0.862. The lowest BCUT2D eigenvalue weighted by molar-refractivity contribution is 0.509. The molecule has 1 atom stereocenters. The molecule has 0 spiro atoms. The Hall–Kier alpha value is -1.41. The van der Waals surface area contributed by atoms with E-state index in [4.69, 9.17) is 0 Å². The van der Waals surface area contributed by atoms with Crippen LogP contribution >= 0.6 is 0 Å². The smallest absolute Gasteiger partial charge is 0.0708 e. The topological polar surface area (TPSA) is 24.9 Å². The first kappa shape index (κ1) is 13.0. The van der Waals surface area contributed by atoms with E-state index in [0.29, 0.717) is 6.04 Å². The molecule has 0 aliphatic carbocycles. The number of aromatic nitrogens is 1. The number of para-hydroxylation sites is 1. The van der Waals surface area contributed by atoms with Crippen molar-refractivity contribution in [1.82, 2.24) is 10.3 Å². The van der Waals surface area contributed by atoms with E-state index in [1.807, 2.05) is 6.07 Å². The normalized spacial score (nSPS) is 12.8. The van der Waals surface area contributed by atoms with Crippen molar-refractivity contribution in [3.63, 3.8) is 0 Å². The summed E-state index contributed by atoms with van der Waals surface area (Å²) in [5.74, 6) is 0. The molecule has 0 aliphatic rings. The molecule has 0 fully saturated rings. The largest absolute Gasteiger partial charge is 0.310 e. The van der Waals surface area contributed by atoms with Gasteiger partial charge in [0.15, 0.2) is 0 Å². The molecule has 2 aromatic rings. The third kappa shape index (κ3) is 3.08. The number of nitrogens with one attached hydrogen (secondary N) is 1. The first-order chi connectivity index (χ1) is 8.70. The summed E-state index contributed by atoms with van der Waals surface area (Å²) in [6.07, 6.45) is 2.45. The average molecular weight is 242 g/mol. The molecule has 0 saturated heterocycles. The van der Waals surface area contributed by atoms with E-state index in [-0.39, 0.29) is 0 Å². The molecular weight excluding hydrogens is 220 g/mol. The number of benzene rings is 1. The van der Waals surface area contributed by atoms with Crippen LogP contribution in [0.2, 0.25) is 0 Å². The molecule has 1 aromatic carbocycles. The third-order valence-electron chi connectivity index (χ3n) is 3.29. The highest BCUT2D eigenvalue weighted by Crippen LogP contribution is 2.18. The molecule has 1 N–H and O–H groups in total. The first-order valence-electron chi connectivity index (χ1n) is 6.79. The van der Waals surface area contributed by atoms with E-state index in [1.54, 1.807) is 0 Å². The molecule has 0 aliphatic heterocycles. The predicted octanol–water partition coefficient (Wildman–Crippen LogP) is 3.82. The van der Waals surface area contributed by atoms with Crippen molar-refractivity contribution in [1.29, 1.82) is 0 Å². The second kappa shape index (κ2) is 5.96. The van der Waals surface area contributed by atoms with Crippen LogP contribution < -0.4 is 5.32 Å². The summed E-state index contributed by atoms with van der Waals surface area (Å²) in [4.78, 5) is 4.57. The molecule has 0 bridgehead atoms. The molecule has 0 amide bonds. The third-order valence-corrected chi connectivity index (χ3v) is 3.29. The van der Waals surface area contributed by atoms with E-state index in [0.717, 1.165) is 17.8 Å². The number of hydrogen-bond donors (Lipinski definition) is 1. The Morgan fingerprint density at radius 3 is 2.83 bits per heavy atom. The molecule has 1 aromatic heterocycles.